The smallest absolute Gasteiger partial charge is 0.160 e. The lowest BCUT2D eigenvalue weighted by Gasteiger charge is -2.32. The minimum Gasteiger partial charge on any atom is -0.504 e. The number of benzene rings is 3. The van der Waals surface area contributed by atoms with Gasteiger partial charge < -0.3 is 20.5 Å². The van der Waals surface area contributed by atoms with Crippen molar-refractivity contribution < 1.29 is 14.6 Å². The molecule has 32 heavy (non-hydrogen) atoms. The number of hydrogen-bond acceptors (Lipinski definition) is 5. The van der Waals surface area contributed by atoms with Crippen molar-refractivity contribution >= 4 is 17.2 Å². The zero-order valence-corrected chi connectivity index (χ0v) is 18.1. The Kier molecular flexibility index (Phi) is 5.10. The Balaban J connectivity index is 1.62. The topological polar surface area (TPSA) is 70.6 Å². The summed E-state index contributed by atoms with van der Waals surface area (Å²) >= 11 is 0. The van der Waals surface area contributed by atoms with E-state index in [0.717, 1.165) is 28.2 Å². The number of para-hydroxylation sites is 2. The Hall–Kier alpha value is -3.73. The number of aryl methyl sites for hydroxylation is 1. The Morgan fingerprint density at radius 2 is 1.69 bits per heavy atom. The average Bonchev–Trinajstić information content (AvgIpc) is 2.97. The van der Waals surface area contributed by atoms with Gasteiger partial charge in [-0.15, -0.1) is 0 Å². The third kappa shape index (κ3) is 3.60. The fourth-order valence-electron chi connectivity index (χ4n) is 4.70. The van der Waals surface area contributed by atoms with Gasteiger partial charge >= 0.3 is 0 Å². The number of ketones is 1. The van der Waals surface area contributed by atoms with Crippen molar-refractivity contribution in [3.63, 3.8) is 0 Å². The second kappa shape index (κ2) is 8.08. The van der Waals surface area contributed by atoms with Crippen LogP contribution in [-0.4, -0.2) is 18.0 Å². The molecule has 3 aromatic carbocycles. The monoisotopic (exact) mass is 426 g/mol. The first kappa shape index (κ1) is 20.2. The maximum Gasteiger partial charge on any atom is 0.160 e. The first-order valence-electron chi connectivity index (χ1n) is 10.8. The van der Waals surface area contributed by atoms with Crippen LogP contribution in [0.3, 0.4) is 0 Å². The summed E-state index contributed by atoms with van der Waals surface area (Å²) in [6, 6.07) is 21.3. The number of rotatable bonds is 3. The van der Waals surface area contributed by atoms with Crippen molar-refractivity contribution in [3.05, 3.63) is 95.2 Å². The molecule has 1 aliphatic heterocycles. The van der Waals surface area contributed by atoms with Gasteiger partial charge in [0.05, 0.1) is 30.4 Å². The van der Waals surface area contributed by atoms with Crippen LogP contribution in [0, 0.1) is 12.8 Å². The van der Waals surface area contributed by atoms with E-state index in [4.69, 9.17) is 4.74 Å². The highest BCUT2D eigenvalue weighted by atomic mass is 16.5. The van der Waals surface area contributed by atoms with Crippen molar-refractivity contribution in [3.8, 4) is 11.5 Å². The minimum absolute atomic E-state index is 0.0297. The molecule has 3 atom stereocenters. The third-order valence-corrected chi connectivity index (χ3v) is 6.40. The summed E-state index contributed by atoms with van der Waals surface area (Å²) in [6.45, 7) is 2.07. The number of fused-ring (bicyclic) bond motifs is 2. The Labute approximate surface area is 187 Å². The summed E-state index contributed by atoms with van der Waals surface area (Å²) in [4.78, 5) is 13.6. The molecule has 0 fully saturated rings. The molecule has 162 valence electrons. The van der Waals surface area contributed by atoms with Gasteiger partial charge in [-0.2, -0.15) is 0 Å². The van der Waals surface area contributed by atoms with Crippen LogP contribution in [-0.2, 0) is 4.79 Å². The van der Waals surface area contributed by atoms with E-state index >= 15 is 0 Å². The fraction of sp³-hybridized carbons (Fsp3) is 0.222. The number of Topliss-reactive ketones (excluding diaryl/α,β-unsaturated/α-hetero) is 1. The van der Waals surface area contributed by atoms with Crippen LogP contribution in [0.2, 0.25) is 0 Å². The predicted molar refractivity (Wildman–Crippen MR) is 126 cm³/mol. The quantitative estimate of drug-likeness (QED) is 0.513. The van der Waals surface area contributed by atoms with Gasteiger partial charge in [0.1, 0.15) is 5.78 Å². The highest BCUT2D eigenvalue weighted by Gasteiger charge is 2.40. The highest BCUT2D eigenvalue weighted by Crippen LogP contribution is 2.45. The lowest BCUT2D eigenvalue weighted by Crippen LogP contribution is -2.33. The van der Waals surface area contributed by atoms with Crippen LogP contribution >= 0.6 is 0 Å². The maximum atomic E-state index is 13.6. The van der Waals surface area contributed by atoms with Crippen molar-refractivity contribution in [2.24, 2.45) is 5.92 Å². The standard InChI is InChI=1S/C27H26N2O3/c1-16-7-9-17(10-8-16)19-13-22-26(24(31)14-19)27(18-11-12-23(30)25(15-18)32-2)29-21-6-4-3-5-20(21)28-22/h3-13,15,19,26-30H,14H2,1-2H3. The first-order valence-corrected chi connectivity index (χ1v) is 10.8. The number of anilines is 2. The number of methoxy groups -OCH3 is 1. The van der Waals surface area contributed by atoms with Gasteiger partial charge in [-0.1, -0.05) is 54.1 Å². The summed E-state index contributed by atoms with van der Waals surface area (Å²) in [5.41, 5.74) is 6.00. The molecular formula is C27H26N2O3. The molecule has 0 amide bonds. The van der Waals surface area contributed by atoms with Crippen LogP contribution in [0.4, 0.5) is 11.4 Å². The molecule has 3 N–H and O–H groups in total. The molecular weight excluding hydrogens is 400 g/mol. The number of phenols is 1. The molecule has 3 unspecified atom stereocenters. The zero-order chi connectivity index (χ0) is 22.2. The zero-order valence-electron chi connectivity index (χ0n) is 18.1. The van der Waals surface area contributed by atoms with E-state index in [1.807, 2.05) is 30.3 Å². The summed E-state index contributed by atoms with van der Waals surface area (Å²) in [6.07, 6.45) is 2.65. The predicted octanol–water partition coefficient (Wildman–Crippen LogP) is 5.54. The molecule has 5 nitrogen and oxygen atoms in total. The van der Waals surface area contributed by atoms with Gasteiger partial charge in [-0.25, -0.2) is 0 Å². The number of hydrogen-bond donors (Lipinski definition) is 3. The Bertz CT molecular complexity index is 1200. The van der Waals surface area contributed by atoms with Gasteiger partial charge in [-0.05, 0) is 42.3 Å². The Morgan fingerprint density at radius 3 is 2.44 bits per heavy atom. The van der Waals surface area contributed by atoms with Gasteiger partial charge in [0.25, 0.3) is 0 Å². The molecule has 0 aromatic heterocycles. The van der Waals surface area contributed by atoms with E-state index in [1.165, 1.54) is 12.7 Å². The Morgan fingerprint density at radius 1 is 0.969 bits per heavy atom. The molecule has 0 spiro atoms. The number of ether oxygens (including phenoxy) is 1. The third-order valence-electron chi connectivity index (χ3n) is 6.40. The molecule has 0 radical (unpaired) electrons. The van der Waals surface area contributed by atoms with E-state index in [2.05, 4.69) is 47.9 Å². The largest absolute Gasteiger partial charge is 0.504 e. The number of aromatic hydroxyl groups is 1. The number of carbonyl (C=O) groups excluding carboxylic acids is 1. The van der Waals surface area contributed by atoms with Crippen LogP contribution in [0.5, 0.6) is 11.5 Å². The highest BCUT2D eigenvalue weighted by molar-refractivity contribution is 5.90. The van der Waals surface area contributed by atoms with E-state index in [9.17, 15) is 9.90 Å². The van der Waals surface area contributed by atoms with Crippen LogP contribution < -0.4 is 15.4 Å². The lowest BCUT2D eigenvalue weighted by molar-refractivity contribution is -0.122. The molecule has 1 heterocycles. The summed E-state index contributed by atoms with van der Waals surface area (Å²) in [5, 5.41) is 17.2. The van der Waals surface area contributed by atoms with Crippen molar-refractivity contribution in [2.45, 2.75) is 25.3 Å². The van der Waals surface area contributed by atoms with Crippen LogP contribution in [0.15, 0.2) is 78.5 Å². The van der Waals surface area contributed by atoms with E-state index in [-0.39, 0.29) is 29.4 Å². The molecule has 5 rings (SSSR count). The fourth-order valence-corrected chi connectivity index (χ4v) is 4.70. The molecule has 0 saturated heterocycles. The van der Waals surface area contributed by atoms with Gasteiger partial charge in [0, 0.05) is 18.0 Å². The summed E-state index contributed by atoms with van der Waals surface area (Å²) in [5.74, 6) is 0.299. The van der Waals surface area contributed by atoms with E-state index < -0.39 is 0 Å². The van der Waals surface area contributed by atoms with Gasteiger partial charge in [0.15, 0.2) is 11.5 Å². The SMILES string of the molecule is COc1cc(C2Nc3ccccc3NC3=CC(c4ccc(C)cc4)CC(=O)C32)ccc1O. The molecule has 5 heteroatoms. The second-order valence-corrected chi connectivity index (χ2v) is 8.51. The van der Waals surface area contributed by atoms with Crippen molar-refractivity contribution in [2.75, 3.05) is 17.7 Å². The normalized spacial score (nSPS) is 21.9. The van der Waals surface area contributed by atoms with Gasteiger partial charge in [-0.3, -0.25) is 4.79 Å². The molecule has 1 aliphatic carbocycles. The number of phenolic OH excluding ortho intramolecular Hbond substituents is 1. The van der Waals surface area contributed by atoms with Crippen LogP contribution in [0.1, 0.15) is 35.1 Å². The van der Waals surface area contributed by atoms with Crippen molar-refractivity contribution in [1.82, 2.24) is 0 Å². The lowest BCUT2D eigenvalue weighted by atomic mass is 9.76. The number of allylic oxidation sites excluding steroid dienone is 1. The summed E-state index contributed by atoms with van der Waals surface area (Å²) in [7, 11) is 1.53. The van der Waals surface area contributed by atoms with Gasteiger partial charge in [0.2, 0.25) is 0 Å². The maximum absolute atomic E-state index is 13.6. The second-order valence-electron chi connectivity index (χ2n) is 8.51. The molecule has 0 bridgehead atoms. The number of carbonyl (C=O) groups is 1. The summed E-state index contributed by atoms with van der Waals surface area (Å²) < 4.78 is 5.33. The minimum atomic E-state index is -0.377. The molecule has 0 saturated carbocycles. The number of nitrogens with one attached hydrogen (secondary N) is 2. The van der Waals surface area contributed by atoms with Crippen molar-refractivity contribution in [1.29, 1.82) is 0 Å². The van der Waals surface area contributed by atoms with E-state index in [0.29, 0.717) is 12.2 Å². The molecule has 2 aliphatic rings. The van der Waals surface area contributed by atoms with E-state index in [1.54, 1.807) is 12.1 Å². The molecule has 3 aromatic rings. The first-order chi connectivity index (χ1) is 15.5. The average molecular weight is 427 g/mol. The van der Waals surface area contributed by atoms with Crippen LogP contribution in [0.25, 0.3) is 0 Å².